The van der Waals surface area contributed by atoms with Crippen molar-refractivity contribution in [2.75, 3.05) is 13.2 Å². The van der Waals surface area contributed by atoms with Crippen LogP contribution < -0.4 is 9.47 Å². The number of ether oxygens (including phenoxy) is 2. The average molecular weight is 538 g/mol. The first-order valence-corrected chi connectivity index (χ1v) is 14.3. The van der Waals surface area contributed by atoms with E-state index >= 15 is 0 Å². The summed E-state index contributed by atoms with van der Waals surface area (Å²) in [6, 6.07) is 24.7. The molecule has 7 rings (SSSR count). The Morgan fingerprint density at radius 1 is 0.622 bits per heavy atom. The van der Waals surface area contributed by atoms with Gasteiger partial charge in [-0.25, -0.2) is 4.98 Å². The number of hydrogen-bond donors (Lipinski definition) is 0. The number of hydrogen-bond acceptors (Lipinski definition) is 8. The van der Waals surface area contributed by atoms with Gasteiger partial charge < -0.3 is 9.47 Å². The summed E-state index contributed by atoms with van der Waals surface area (Å²) < 4.78 is 11.6. The van der Waals surface area contributed by atoms with Gasteiger partial charge in [-0.3, -0.25) is 9.97 Å². The molecule has 6 aromatic heterocycles. The van der Waals surface area contributed by atoms with E-state index in [0.29, 0.717) is 13.2 Å². The predicted molar refractivity (Wildman–Crippen MR) is 152 cm³/mol. The zero-order valence-electron chi connectivity index (χ0n) is 19.5. The monoisotopic (exact) mass is 537 g/mol. The lowest BCUT2D eigenvalue weighted by atomic mass is 10.1. The molecule has 180 valence electrons. The van der Waals surface area contributed by atoms with E-state index in [9.17, 15) is 0 Å². The van der Waals surface area contributed by atoms with Gasteiger partial charge in [0.05, 0.1) is 27.7 Å². The number of pyridine rings is 3. The zero-order chi connectivity index (χ0) is 24.6. The van der Waals surface area contributed by atoms with Crippen molar-refractivity contribution in [3.63, 3.8) is 0 Å². The molecule has 0 spiro atoms. The molecule has 0 fully saturated rings. The van der Waals surface area contributed by atoms with Crippen molar-refractivity contribution in [2.24, 2.45) is 0 Å². The van der Waals surface area contributed by atoms with Crippen LogP contribution in [0.25, 0.3) is 52.7 Å². The minimum absolute atomic E-state index is 0.593. The lowest BCUT2D eigenvalue weighted by Gasteiger charge is -2.15. The summed E-state index contributed by atoms with van der Waals surface area (Å²) in [6.07, 6.45) is 3.59. The summed E-state index contributed by atoms with van der Waals surface area (Å²) in [4.78, 5) is 19.9. The highest BCUT2D eigenvalue weighted by Crippen LogP contribution is 2.49. The van der Waals surface area contributed by atoms with E-state index in [0.717, 1.165) is 44.7 Å². The smallest absolute Gasteiger partial charge is 0.180 e. The fourth-order valence-electron chi connectivity index (χ4n) is 4.21. The SMILES string of the molecule is c1ccc(-c2cc(-c3ccc(-c4ccc(-c5scc6c5OCCO6)s4)s3)cc(-c3ccccn3)n2)nc1. The first-order chi connectivity index (χ1) is 18.3. The van der Waals surface area contributed by atoms with Gasteiger partial charge in [-0.15, -0.1) is 34.0 Å². The van der Waals surface area contributed by atoms with Crippen molar-refractivity contribution in [3.05, 3.63) is 90.6 Å². The molecule has 0 aromatic carbocycles. The summed E-state index contributed by atoms with van der Waals surface area (Å²) in [5.41, 5.74) is 4.44. The summed E-state index contributed by atoms with van der Waals surface area (Å²) in [5, 5.41) is 2.04. The van der Waals surface area contributed by atoms with Crippen LogP contribution in [0.5, 0.6) is 11.5 Å². The fourth-order valence-corrected chi connectivity index (χ4v) is 7.36. The van der Waals surface area contributed by atoms with Crippen LogP contribution in [-0.4, -0.2) is 28.2 Å². The molecule has 5 nitrogen and oxygen atoms in total. The van der Waals surface area contributed by atoms with Crippen LogP contribution in [0.15, 0.2) is 90.6 Å². The standard InChI is InChI=1S/C29H19N3O2S3/c1-3-11-30-19(5-1)21-15-18(16-22(32-21)20-6-2-4-12-31-20)24-7-8-25(36-24)26-9-10-27(37-26)29-28-23(17-35-29)33-13-14-34-28/h1-12,15-17H,13-14H2. The van der Waals surface area contributed by atoms with Crippen molar-refractivity contribution in [3.8, 4) is 64.2 Å². The molecule has 0 unspecified atom stereocenters. The molecule has 37 heavy (non-hydrogen) atoms. The number of nitrogens with zero attached hydrogens (tertiary/aromatic N) is 3. The lowest BCUT2D eigenvalue weighted by Crippen LogP contribution is -2.14. The van der Waals surface area contributed by atoms with Gasteiger partial charge in [-0.2, -0.15) is 0 Å². The first kappa shape index (κ1) is 22.4. The first-order valence-electron chi connectivity index (χ1n) is 11.7. The molecule has 6 aromatic rings. The average Bonchev–Trinajstić information content (AvgIpc) is 3.73. The lowest BCUT2D eigenvalue weighted by molar-refractivity contribution is 0.174. The van der Waals surface area contributed by atoms with Crippen LogP contribution in [0, 0.1) is 0 Å². The minimum Gasteiger partial charge on any atom is -0.485 e. The largest absolute Gasteiger partial charge is 0.485 e. The molecule has 0 saturated heterocycles. The van der Waals surface area contributed by atoms with E-state index in [4.69, 9.17) is 14.5 Å². The van der Waals surface area contributed by atoms with Crippen LogP contribution >= 0.6 is 34.0 Å². The second-order valence-electron chi connectivity index (χ2n) is 8.34. The molecule has 7 heterocycles. The molecule has 0 amide bonds. The van der Waals surface area contributed by atoms with Gasteiger partial charge in [0.2, 0.25) is 0 Å². The third-order valence-electron chi connectivity index (χ3n) is 5.94. The highest BCUT2D eigenvalue weighted by atomic mass is 32.1. The number of rotatable bonds is 5. The number of aromatic nitrogens is 3. The number of thiophene rings is 3. The molecule has 0 bridgehead atoms. The van der Waals surface area contributed by atoms with Crippen molar-refractivity contribution in [1.82, 2.24) is 15.0 Å². The van der Waals surface area contributed by atoms with Crippen LogP contribution in [0.2, 0.25) is 0 Å². The molecule has 1 aliphatic heterocycles. The van der Waals surface area contributed by atoms with E-state index in [1.807, 2.05) is 41.8 Å². The highest BCUT2D eigenvalue weighted by Gasteiger charge is 2.21. The minimum atomic E-state index is 0.593. The quantitative estimate of drug-likeness (QED) is 0.222. The molecular weight excluding hydrogens is 519 g/mol. The van der Waals surface area contributed by atoms with Crippen LogP contribution in [0.3, 0.4) is 0 Å². The van der Waals surface area contributed by atoms with Gasteiger partial charge in [0.25, 0.3) is 0 Å². The van der Waals surface area contributed by atoms with Gasteiger partial charge in [-0.1, -0.05) is 12.1 Å². The Morgan fingerprint density at radius 2 is 1.24 bits per heavy atom. The third kappa shape index (κ3) is 4.33. The summed E-state index contributed by atoms with van der Waals surface area (Å²) in [7, 11) is 0. The van der Waals surface area contributed by atoms with Crippen LogP contribution in [0.1, 0.15) is 0 Å². The molecule has 0 aliphatic carbocycles. The van der Waals surface area contributed by atoms with Crippen LogP contribution in [0.4, 0.5) is 0 Å². The Morgan fingerprint density at radius 3 is 1.92 bits per heavy atom. The second kappa shape index (κ2) is 9.55. The molecule has 1 aliphatic rings. The van der Waals surface area contributed by atoms with Gasteiger partial charge >= 0.3 is 0 Å². The zero-order valence-corrected chi connectivity index (χ0v) is 21.9. The van der Waals surface area contributed by atoms with Crippen molar-refractivity contribution in [1.29, 1.82) is 0 Å². The van der Waals surface area contributed by atoms with Crippen molar-refractivity contribution < 1.29 is 9.47 Å². The van der Waals surface area contributed by atoms with Gasteiger partial charge in [0.1, 0.15) is 13.2 Å². The highest BCUT2D eigenvalue weighted by molar-refractivity contribution is 7.27. The van der Waals surface area contributed by atoms with Crippen molar-refractivity contribution >= 4 is 34.0 Å². The van der Waals surface area contributed by atoms with E-state index in [-0.39, 0.29) is 0 Å². The van der Waals surface area contributed by atoms with Crippen LogP contribution in [-0.2, 0) is 0 Å². The summed E-state index contributed by atoms with van der Waals surface area (Å²) >= 11 is 5.23. The third-order valence-corrected chi connectivity index (χ3v) is 9.48. The Kier molecular flexibility index (Phi) is 5.77. The van der Waals surface area contributed by atoms with Gasteiger partial charge in [-0.05, 0) is 66.2 Å². The van der Waals surface area contributed by atoms with Gasteiger partial charge in [0, 0.05) is 37.3 Å². The Balaban J connectivity index is 1.26. The maximum atomic E-state index is 5.90. The Hall–Kier alpha value is -3.85. The second-order valence-corrected chi connectivity index (χ2v) is 11.4. The molecule has 8 heteroatoms. The topological polar surface area (TPSA) is 57.1 Å². The number of fused-ring (bicyclic) bond motifs is 1. The van der Waals surface area contributed by atoms with E-state index in [2.05, 4.69) is 46.4 Å². The maximum Gasteiger partial charge on any atom is 0.180 e. The molecular formula is C29H19N3O2S3. The maximum absolute atomic E-state index is 5.90. The fraction of sp³-hybridized carbons (Fsp3) is 0.0690. The van der Waals surface area contributed by atoms with Crippen molar-refractivity contribution in [2.45, 2.75) is 0 Å². The molecule has 0 radical (unpaired) electrons. The van der Waals surface area contributed by atoms with Gasteiger partial charge in [0.15, 0.2) is 11.5 Å². The molecule has 0 N–H and O–H groups in total. The van der Waals surface area contributed by atoms with E-state index in [1.54, 1.807) is 46.4 Å². The summed E-state index contributed by atoms with van der Waals surface area (Å²) in [5.74, 6) is 1.72. The Labute approximate surface area is 225 Å². The van der Waals surface area contributed by atoms with E-state index < -0.39 is 0 Å². The molecule has 0 atom stereocenters. The Bertz CT molecular complexity index is 1630. The normalized spacial score (nSPS) is 12.5. The van der Waals surface area contributed by atoms with E-state index in [1.165, 1.54) is 19.5 Å². The predicted octanol–water partition coefficient (Wildman–Crippen LogP) is 8.16. The summed E-state index contributed by atoms with van der Waals surface area (Å²) in [6.45, 7) is 1.20. The molecule has 0 saturated carbocycles.